The molecule has 3 heteroatoms. The van der Waals surface area contributed by atoms with Gasteiger partial charge in [0, 0.05) is 0 Å². The van der Waals surface area contributed by atoms with Gasteiger partial charge in [0.2, 0.25) is 5.78 Å². The summed E-state index contributed by atoms with van der Waals surface area (Å²) in [6, 6.07) is 3.81. The van der Waals surface area contributed by atoms with E-state index < -0.39 is 0 Å². The van der Waals surface area contributed by atoms with Gasteiger partial charge in [0.25, 0.3) is 0 Å². The van der Waals surface area contributed by atoms with E-state index in [9.17, 15) is 4.79 Å². The van der Waals surface area contributed by atoms with Crippen LogP contribution in [-0.2, 0) is 4.79 Å². The van der Waals surface area contributed by atoms with Gasteiger partial charge in [0.05, 0.1) is 0 Å². The van der Waals surface area contributed by atoms with Crippen molar-refractivity contribution in [2.75, 3.05) is 13.2 Å². The Kier molecular flexibility index (Phi) is 2.15. The van der Waals surface area contributed by atoms with E-state index in [0.717, 1.165) is 11.1 Å². The number of ether oxygens (including phenoxy) is 2. The molecule has 14 heavy (non-hydrogen) atoms. The number of ketones is 1. The number of carbonyl (C=O) groups excluding carboxylic acids is 1. The highest BCUT2D eigenvalue weighted by molar-refractivity contribution is 5.82. The van der Waals surface area contributed by atoms with E-state index >= 15 is 0 Å². The Morgan fingerprint density at radius 2 is 1.43 bits per heavy atom. The first-order valence-corrected chi connectivity index (χ1v) is 4.55. The van der Waals surface area contributed by atoms with E-state index in [0.29, 0.717) is 11.5 Å². The summed E-state index contributed by atoms with van der Waals surface area (Å²) in [5.74, 6) is 1.30. The highest BCUT2D eigenvalue weighted by atomic mass is 16.5. The maximum absolute atomic E-state index is 11.1. The van der Waals surface area contributed by atoms with Crippen molar-refractivity contribution in [3.8, 4) is 11.5 Å². The molecule has 1 aliphatic heterocycles. The molecule has 0 spiro atoms. The van der Waals surface area contributed by atoms with Gasteiger partial charge in [-0.15, -0.1) is 0 Å². The predicted molar refractivity (Wildman–Crippen MR) is 51.9 cm³/mol. The maximum atomic E-state index is 11.1. The third-order valence-corrected chi connectivity index (χ3v) is 2.34. The van der Waals surface area contributed by atoms with Gasteiger partial charge in [-0.05, 0) is 37.1 Å². The molecule has 0 amide bonds. The van der Waals surface area contributed by atoms with Crippen molar-refractivity contribution in [2.24, 2.45) is 0 Å². The normalized spacial score (nSPS) is 15.1. The van der Waals surface area contributed by atoms with E-state index in [2.05, 4.69) is 0 Å². The minimum Gasteiger partial charge on any atom is -0.482 e. The monoisotopic (exact) mass is 192 g/mol. The Hall–Kier alpha value is -1.51. The average Bonchev–Trinajstić information content (AvgIpc) is 2.31. The first kappa shape index (κ1) is 9.06. The average molecular weight is 192 g/mol. The fraction of sp³-hybridized carbons (Fsp3) is 0.364. The molecule has 0 saturated heterocycles. The number of carbonyl (C=O) groups is 1. The van der Waals surface area contributed by atoms with E-state index in [1.807, 2.05) is 26.0 Å². The number of Topliss-reactive ketones (excluding diaryl/α,β-unsaturated/α-hetero) is 1. The molecule has 0 N–H and O–H groups in total. The molecule has 1 aliphatic rings. The van der Waals surface area contributed by atoms with Crippen molar-refractivity contribution in [3.63, 3.8) is 0 Å². The second-order valence-corrected chi connectivity index (χ2v) is 3.50. The highest BCUT2D eigenvalue weighted by Crippen LogP contribution is 2.31. The van der Waals surface area contributed by atoms with Crippen molar-refractivity contribution in [1.82, 2.24) is 0 Å². The van der Waals surface area contributed by atoms with Gasteiger partial charge >= 0.3 is 0 Å². The molecule has 0 aromatic heterocycles. The van der Waals surface area contributed by atoms with Crippen molar-refractivity contribution >= 4 is 5.78 Å². The summed E-state index contributed by atoms with van der Waals surface area (Å²) in [6.45, 7) is 4.22. The number of fused-ring (bicyclic) bond motifs is 1. The Bertz CT molecular complexity index is 347. The smallest absolute Gasteiger partial charge is 0.207 e. The predicted octanol–water partition coefficient (Wildman–Crippen LogP) is 1.64. The molecule has 2 rings (SSSR count). The lowest BCUT2D eigenvalue weighted by Crippen LogP contribution is -2.15. The highest BCUT2D eigenvalue weighted by Gasteiger charge is 2.15. The third-order valence-electron chi connectivity index (χ3n) is 2.34. The second kappa shape index (κ2) is 3.33. The molecule has 1 heterocycles. The van der Waals surface area contributed by atoms with Crippen molar-refractivity contribution in [2.45, 2.75) is 13.8 Å². The zero-order valence-electron chi connectivity index (χ0n) is 8.29. The van der Waals surface area contributed by atoms with Gasteiger partial charge < -0.3 is 9.47 Å². The fourth-order valence-electron chi connectivity index (χ4n) is 1.35. The molecule has 0 unspecified atom stereocenters. The van der Waals surface area contributed by atoms with Gasteiger partial charge in [-0.2, -0.15) is 0 Å². The molecule has 1 aromatic rings. The van der Waals surface area contributed by atoms with Crippen LogP contribution in [0.4, 0.5) is 0 Å². The second-order valence-electron chi connectivity index (χ2n) is 3.50. The van der Waals surface area contributed by atoms with E-state index in [1.165, 1.54) is 0 Å². The minimum absolute atomic E-state index is 0.0310. The molecular weight excluding hydrogens is 180 g/mol. The van der Waals surface area contributed by atoms with Crippen LogP contribution < -0.4 is 9.47 Å². The quantitative estimate of drug-likeness (QED) is 0.627. The Morgan fingerprint density at radius 1 is 1.00 bits per heavy atom. The first-order valence-electron chi connectivity index (χ1n) is 4.55. The van der Waals surface area contributed by atoms with Crippen molar-refractivity contribution in [3.05, 3.63) is 23.3 Å². The lowest BCUT2D eigenvalue weighted by molar-refractivity contribution is -0.122. The number of hydrogen-bond donors (Lipinski definition) is 0. The molecule has 3 nitrogen and oxygen atoms in total. The zero-order chi connectivity index (χ0) is 10.1. The van der Waals surface area contributed by atoms with E-state index in [4.69, 9.17) is 9.47 Å². The summed E-state index contributed by atoms with van der Waals surface area (Å²) in [4.78, 5) is 11.1. The van der Waals surface area contributed by atoms with Gasteiger partial charge in [0.15, 0.2) is 24.7 Å². The van der Waals surface area contributed by atoms with Crippen LogP contribution in [0.5, 0.6) is 11.5 Å². The van der Waals surface area contributed by atoms with Crippen LogP contribution in [0.1, 0.15) is 11.1 Å². The minimum atomic E-state index is -0.0310. The molecule has 0 aliphatic carbocycles. The lowest BCUT2D eigenvalue weighted by Gasteiger charge is -2.09. The Morgan fingerprint density at radius 3 is 1.86 bits per heavy atom. The number of benzene rings is 1. The van der Waals surface area contributed by atoms with Crippen molar-refractivity contribution < 1.29 is 14.3 Å². The van der Waals surface area contributed by atoms with Crippen LogP contribution in [-0.4, -0.2) is 19.0 Å². The van der Waals surface area contributed by atoms with E-state index in [1.54, 1.807) is 0 Å². The molecule has 0 fully saturated rings. The molecule has 74 valence electrons. The molecule has 0 bridgehead atoms. The molecule has 0 saturated carbocycles. The number of aryl methyl sites for hydroxylation is 2. The Labute approximate surface area is 82.6 Å². The SMILES string of the molecule is Cc1cc2c(cc1C)OCC(=O)CO2. The zero-order valence-corrected chi connectivity index (χ0v) is 8.29. The summed E-state index contributed by atoms with van der Waals surface area (Å²) < 4.78 is 10.6. The summed E-state index contributed by atoms with van der Waals surface area (Å²) >= 11 is 0. The largest absolute Gasteiger partial charge is 0.482 e. The van der Waals surface area contributed by atoms with Gasteiger partial charge in [-0.3, -0.25) is 4.79 Å². The topological polar surface area (TPSA) is 35.5 Å². The van der Waals surface area contributed by atoms with Crippen LogP contribution >= 0.6 is 0 Å². The number of hydrogen-bond acceptors (Lipinski definition) is 3. The summed E-state index contributed by atoms with van der Waals surface area (Å²) in [5.41, 5.74) is 2.28. The third kappa shape index (κ3) is 1.58. The molecule has 1 aromatic carbocycles. The lowest BCUT2D eigenvalue weighted by atomic mass is 10.1. The molecule has 0 atom stereocenters. The van der Waals surface area contributed by atoms with Crippen molar-refractivity contribution in [1.29, 1.82) is 0 Å². The van der Waals surface area contributed by atoms with Crippen LogP contribution in [0, 0.1) is 13.8 Å². The maximum Gasteiger partial charge on any atom is 0.207 e. The van der Waals surface area contributed by atoms with Crippen LogP contribution in [0.3, 0.4) is 0 Å². The summed E-state index contributed by atoms with van der Waals surface area (Å²) in [5, 5.41) is 0. The van der Waals surface area contributed by atoms with E-state index in [-0.39, 0.29) is 19.0 Å². The van der Waals surface area contributed by atoms with Gasteiger partial charge in [0.1, 0.15) is 0 Å². The first-order chi connectivity index (χ1) is 6.66. The number of rotatable bonds is 0. The van der Waals surface area contributed by atoms with Gasteiger partial charge in [-0.25, -0.2) is 0 Å². The fourth-order valence-corrected chi connectivity index (χ4v) is 1.35. The summed E-state index contributed by atoms with van der Waals surface area (Å²) in [7, 11) is 0. The molecular formula is C11H12O3. The van der Waals surface area contributed by atoms with Crippen LogP contribution in [0.15, 0.2) is 12.1 Å². The molecule has 0 radical (unpaired) electrons. The summed E-state index contributed by atoms with van der Waals surface area (Å²) in [6.07, 6.45) is 0. The van der Waals surface area contributed by atoms with Crippen LogP contribution in [0.2, 0.25) is 0 Å². The standard InChI is InChI=1S/C11H12O3/c1-7-3-10-11(4-8(7)2)14-6-9(12)5-13-10/h3-4H,5-6H2,1-2H3. The van der Waals surface area contributed by atoms with Gasteiger partial charge in [-0.1, -0.05) is 0 Å². The Balaban J connectivity index is 2.41. The van der Waals surface area contributed by atoms with Crippen LogP contribution in [0.25, 0.3) is 0 Å².